The van der Waals surface area contributed by atoms with Gasteiger partial charge in [0.25, 0.3) is 0 Å². The molecule has 0 radical (unpaired) electrons. The lowest BCUT2D eigenvalue weighted by Gasteiger charge is -2.26. The van der Waals surface area contributed by atoms with E-state index in [2.05, 4.69) is 5.32 Å². The van der Waals surface area contributed by atoms with Gasteiger partial charge in [0.2, 0.25) is 0 Å². The van der Waals surface area contributed by atoms with Crippen molar-refractivity contribution in [1.82, 2.24) is 5.32 Å². The van der Waals surface area contributed by atoms with Crippen molar-refractivity contribution in [1.29, 1.82) is 0 Å². The number of benzene rings is 1. The Kier molecular flexibility index (Phi) is 3.50. The van der Waals surface area contributed by atoms with E-state index in [1.165, 1.54) is 18.4 Å². The van der Waals surface area contributed by atoms with Gasteiger partial charge in [-0.3, -0.25) is 0 Å². The Morgan fingerprint density at radius 3 is 3.11 bits per heavy atom. The molecule has 0 spiro atoms. The second-order valence-electron chi connectivity index (χ2n) is 5.38. The van der Waals surface area contributed by atoms with E-state index in [0.717, 1.165) is 50.3 Å². The average molecular weight is 249 g/mol. The molecule has 3 rings (SSSR count). The first-order chi connectivity index (χ1) is 8.84. The maximum atomic E-state index is 14.0. The number of ether oxygens (including phenoxy) is 1. The van der Waals surface area contributed by atoms with Crippen LogP contribution < -0.4 is 10.1 Å². The summed E-state index contributed by atoms with van der Waals surface area (Å²) in [4.78, 5) is 0. The second kappa shape index (κ2) is 5.27. The Bertz CT molecular complexity index is 427. The molecule has 1 aromatic carbocycles. The fourth-order valence-corrected chi connectivity index (χ4v) is 3.04. The number of hydrogen-bond acceptors (Lipinski definition) is 2. The van der Waals surface area contributed by atoms with Crippen LogP contribution in [0.5, 0.6) is 5.75 Å². The predicted molar refractivity (Wildman–Crippen MR) is 69.5 cm³/mol. The molecule has 1 atom stereocenters. The van der Waals surface area contributed by atoms with Gasteiger partial charge < -0.3 is 10.1 Å². The monoisotopic (exact) mass is 249 g/mol. The maximum Gasteiger partial charge on any atom is 0.130 e. The first-order valence-electron chi connectivity index (χ1n) is 6.98. The van der Waals surface area contributed by atoms with E-state index in [0.29, 0.717) is 5.92 Å². The van der Waals surface area contributed by atoms with Gasteiger partial charge in [-0.15, -0.1) is 0 Å². The summed E-state index contributed by atoms with van der Waals surface area (Å²) < 4.78 is 19.7. The molecule has 0 bridgehead atoms. The van der Waals surface area contributed by atoms with E-state index in [1.807, 2.05) is 6.07 Å². The molecule has 0 aromatic heterocycles. The van der Waals surface area contributed by atoms with Crippen LogP contribution in [0.15, 0.2) is 12.1 Å². The summed E-state index contributed by atoms with van der Waals surface area (Å²) >= 11 is 0. The zero-order chi connectivity index (χ0) is 12.4. The van der Waals surface area contributed by atoms with Crippen molar-refractivity contribution in [3.63, 3.8) is 0 Å². The third kappa shape index (κ3) is 2.37. The van der Waals surface area contributed by atoms with E-state index in [4.69, 9.17) is 4.74 Å². The van der Waals surface area contributed by atoms with Crippen LogP contribution in [0.4, 0.5) is 4.39 Å². The van der Waals surface area contributed by atoms with E-state index >= 15 is 0 Å². The quantitative estimate of drug-likeness (QED) is 0.870. The SMILES string of the molecule is Fc1ccc2c(c1CC1CCCNC1)OCCC2. The average Bonchev–Trinajstić information content (AvgIpc) is 2.43. The van der Waals surface area contributed by atoms with Gasteiger partial charge in [-0.1, -0.05) is 6.07 Å². The second-order valence-corrected chi connectivity index (χ2v) is 5.38. The zero-order valence-electron chi connectivity index (χ0n) is 10.7. The van der Waals surface area contributed by atoms with Gasteiger partial charge in [0.1, 0.15) is 11.6 Å². The number of hydrogen-bond donors (Lipinski definition) is 1. The summed E-state index contributed by atoms with van der Waals surface area (Å²) in [6, 6.07) is 3.49. The van der Waals surface area contributed by atoms with Crippen molar-refractivity contribution in [2.45, 2.75) is 32.1 Å². The first kappa shape index (κ1) is 12.0. The minimum atomic E-state index is -0.0961. The lowest BCUT2D eigenvalue weighted by atomic mass is 9.90. The molecule has 1 aromatic rings. The standard InChI is InChI=1S/C15H20FNO/c16-14-6-5-12-4-2-8-18-15(12)13(14)9-11-3-1-7-17-10-11/h5-6,11,17H,1-4,7-10H2. The van der Waals surface area contributed by atoms with Crippen LogP contribution in [-0.4, -0.2) is 19.7 Å². The van der Waals surface area contributed by atoms with Crippen molar-refractivity contribution in [2.75, 3.05) is 19.7 Å². The number of piperidine rings is 1. The van der Waals surface area contributed by atoms with E-state index in [9.17, 15) is 4.39 Å². The topological polar surface area (TPSA) is 21.3 Å². The molecule has 98 valence electrons. The molecule has 1 N–H and O–H groups in total. The Morgan fingerprint density at radius 2 is 2.28 bits per heavy atom. The Balaban J connectivity index is 1.85. The highest BCUT2D eigenvalue weighted by molar-refractivity contribution is 5.44. The molecule has 0 amide bonds. The van der Waals surface area contributed by atoms with Crippen molar-refractivity contribution in [3.8, 4) is 5.75 Å². The maximum absolute atomic E-state index is 14.0. The van der Waals surface area contributed by atoms with Crippen molar-refractivity contribution in [2.24, 2.45) is 5.92 Å². The Labute approximate surface area is 108 Å². The van der Waals surface area contributed by atoms with Gasteiger partial charge in [-0.2, -0.15) is 0 Å². The van der Waals surface area contributed by atoms with Crippen LogP contribution in [0.25, 0.3) is 0 Å². The highest BCUT2D eigenvalue weighted by Gasteiger charge is 2.22. The summed E-state index contributed by atoms with van der Waals surface area (Å²) in [6.45, 7) is 2.83. The number of fused-ring (bicyclic) bond motifs is 1. The van der Waals surface area contributed by atoms with Gasteiger partial charge in [-0.25, -0.2) is 4.39 Å². The van der Waals surface area contributed by atoms with E-state index in [1.54, 1.807) is 6.07 Å². The summed E-state index contributed by atoms with van der Waals surface area (Å²) in [6.07, 6.45) is 5.26. The molecular formula is C15H20FNO. The Morgan fingerprint density at radius 1 is 1.33 bits per heavy atom. The fourth-order valence-electron chi connectivity index (χ4n) is 3.04. The minimum Gasteiger partial charge on any atom is -0.493 e. The van der Waals surface area contributed by atoms with Crippen LogP contribution in [0.3, 0.4) is 0 Å². The molecule has 2 aliphatic rings. The molecule has 0 aliphatic carbocycles. The highest BCUT2D eigenvalue weighted by Crippen LogP contribution is 2.33. The van der Waals surface area contributed by atoms with Crippen LogP contribution in [0, 0.1) is 11.7 Å². The molecule has 3 heteroatoms. The third-order valence-corrected chi connectivity index (χ3v) is 4.01. The first-order valence-corrected chi connectivity index (χ1v) is 6.98. The van der Waals surface area contributed by atoms with Crippen LogP contribution in [-0.2, 0) is 12.8 Å². The molecule has 2 nitrogen and oxygen atoms in total. The molecule has 2 heterocycles. The van der Waals surface area contributed by atoms with Gasteiger partial charge in [0.05, 0.1) is 6.61 Å². The molecule has 0 saturated carbocycles. The smallest absolute Gasteiger partial charge is 0.130 e. The summed E-state index contributed by atoms with van der Waals surface area (Å²) in [5.41, 5.74) is 1.99. The number of rotatable bonds is 2. The molecule has 1 fully saturated rings. The largest absolute Gasteiger partial charge is 0.493 e. The summed E-state index contributed by atoms with van der Waals surface area (Å²) in [5, 5.41) is 3.39. The fraction of sp³-hybridized carbons (Fsp3) is 0.600. The Hall–Kier alpha value is -1.09. The number of nitrogens with one attached hydrogen (secondary N) is 1. The van der Waals surface area contributed by atoms with Gasteiger partial charge >= 0.3 is 0 Å². The van der Waals surface area contributed by atoms with Crippen molar-refractivity contribution < 1.29 is 9.13 Å². The molecule has 1 unspecified atom stereocenters. The van der Waals surface area contributed by atoms with Crippen LogP contribution in [0.1, 0.15) is 30.4 Å². The van der Waals surface area contributed by atoms with Crippen molar-refractivity contribution >= 4 is 0 Å². The van der Waals surface area contributed by atoms with Gasteiger partial charge in [0, 0.05) is 5.56 Å². The molecule has 2 aliphatic heterocycles. The van der Waals surface area contributed by atoms with Gasteiger partial charge in [0.15, 0.2) is 0 Å². The van der Waals surface area contributed by atoms with Crippen LogP contribution >= 0.6 is 0 Å². The number of halogens is 1. The normalized spacial score (nSPS) is 23.3. The zero-order valence-corrected chi connectivity index (χ0v) is 10.7. The number of aryl methyl sites for hydroxylation is 1. The van der Waals surface area contributed by atoms with E-state index in [-0.39, 0.29) is 5.82 Å². The molecule has 18 heavy (non-hydrogen) atoms. The summed E-state index contributed by atoms with van der Waals surface area (Å²) in [5.74, 6) is 1.29. The lowest BCUT2D eigenvalue weighted by Crippen LogP contribution is -2.31. The van der Waals surface area contributed by atoms with Crippen LogP contribution in [0.2, 0.25) is 0 Å². The third-order valence-electron chi connectivity index (χ3n) is 4.01. The van der Waals surface area contributed by atoms with Crippen molar-refractivity contribution in [3.05, 3.63) is 29.1 Å². The van der Waals surface area contributed by atoms with E-state index < -0.39 is 0 Å². The molecule has 1 saturated heterocycles. The highest BCUT2D eigenvalue weighted by atomic mass is 19.1. The predicted octanol–water partition coefficient (Wildman–Crippen LogP) is 2.69. The lowest BCUT2D eigenvalue weighted by molar-refractivity contribution is 0.278. The minimum absolute atomic E-state index is 0.0961. The summed E-state index contributed by atoms with van der Waals surface area (Å²) in [7, 11) is 0. The van der Waals surface area contributed by atoms with Gasteiger partial charge in [-0.05, 0) is 62.7 Å². The molecular weight excluding hydrogens is 229 g/mol.